The maximum atomic E-state index is 7.10. The van der Waals surface area contributed by atoms with Crippen molar-refractivity contribution in [1.82, 2.24) is 0 Å². The van der Waals surface area contributed by atoms with Crippen molar-refractivity contribution in [2.75, 3.05) is 0 Å². The molecule has 0 aliphatic carbocycles. The van der Waals surface area contributed by atoms with Crippen LogP contribution in [0.1, 0.15) is 12.5 Å². The lowest BCUT2D eigenvalue weighted by Gasteiger charge is -1.99. The van der Waals surface area contributed by atoms with Gasteiger partial charge in [-0.25, -0.2) is 9.98 Å². The second-order valence-electron chi connectivity index (χ2n) is 4.28. The molecule has 0 amide bonds. The van der Waals surface area contributed by atoms with Crippen molar-refractivity contribution >= 4 is 40.3 Å². The zero-order chi connectivity index (χ0) is 13.9. The first-order chi connectivity index (χ1) is 9.83. The second-order valence-corrected chi connectivity index (χ2v) is 4.28. The minimum absolute atomic E-state index is 0.504. The lowest BCUT2D eigenvalue weighted by Crippen LogP contribution is -1.97. The summed E-state index contributed by atoms with van der Waals surface area (Å²) >= 11 is 0. The van der Waals surface area contributed by atoms with Crippen LogP contribution in [0.4, 0.5) is 0 Å². The van der Waals surface area contributed by atoms with Crippen LogP contribution in [0.25, 0.3) is 21.9 Å². The standard InChI is InChI=1S/C16H13N3O/c1-2-18-16(19-10-17)11-7-8-13-12-5-3-4-6-14(12)20-15(13)9-11/h2-10,17H,1H3. The summed E-state index contributed by atoms with van der Waals surface area (Å²) in [6, 6.07) is 13.8. The molecule has 2 aromatic carbocycles. The van der Waals surface area contributed by atoms with Gasteiger partial charge in [-0.05, 0) is 25.1 Å². The van der Waals surface area contributed by atoms with Crippen LogP contribution < -0.4 is 0 Å². The van der Waals surface area contributed by atoms with Crippen molar-refractivity contribution in [2.24, 2.45) is 9.98 Å². The minimum atomic E-state index is 0.504. The van der Waals surface area contributed by atoms with E-state index in [0.717, 1.165) is 33.8 Å². The van der Waals surface area contributed by atoms with Gasteiger partial charge in [-0.3, -0.25) is 5.41 Å². The fourth-order valence-electron chi connectivity index (χ4n) is 2.23. The van der Waals surface area contributed by atoms with E-state index >= 15 is 0 Å². The Hall–Kier alpha value is -2.75. The summed E-state index contributed by atoms with van der Waals surface area (Å²) in [6.07, 6.45) is 2.65. The van der Waals surface area contributed by atoms with Crippen molar-refractivity contribution in [3.8, 4) is 0 Å². The topological polar surface area (TPSA) is 61.7 Å². The van der Waals surface area contributed by atoms with Gasteiger partial charge in [0.2, 0.25) is 0 Å². The highest BCUT2D eigenvalue weighted by atomic mass is 16.3. The Kier molecular flexibility index (Phi) is 3.13. The van der Waals surface area contributed by atoms with Crippen molar-refractivity contribution < 1.29 is 4.42 Å². The first-order valence-corrected chi connectivity index (χ1v) is 6.30. The SMILES string of the molecule is CC=NC(=NC=N)c1ccc2c(c1)oc1ccccc12. The normalized spacial score (nSPS) is 12.6. The van der Waals surface area contributed by atoms with Crippen LogP contribution in [0.15, 0.2) is 56.9 Å². The largest absolute Gasteiger partial charge is 0.456 e. The van der Waals surface area contributed by atoms with E-state index in [9.17, 15) is 0 Å². The smallest absolute Gasteiger partial charge is 0.160 e. The summed E-state index contributed by atoms with van der Waals surface area (Å²) in [7, 11) is 0. The number of nitrogens with zero attached hydrogens (tertiary/aromatic N) is 2. The van der Waals surface area contributed by atoms with Crippen LogP contribution in [0.5, 0.6) is 0 Å². The lowest BCUT2D eigenvalue weighted by atomic mass is 10.1. The molecule has 0 aliphatic heterocycles. The molecule has 3 aromatic rings. The number of benzene rings is 2. The highest BCUT2D eigenvalue weighted by Crippen LogP contribution is 2.29. The third kappa shape index (κ3) is 2.01. The fourth-order valence-corrected chi connectivity index (χ4v) is 2.23. The van der Waals surface area contributed by atoms with Gasteiger partial charge in [-0.2, -0.15) is 0 Å². The van der Waals surface area contributed by atoms with Gasteiger partial charge in [-0.15, -0.1) is 0 Å². The van der Waals surface area contributed by atoms with E-state index in [1.54, 1.807) is 6.21 Å². The molecule has 0 saturated carbocycles. The average molecular weight is 263 g/mol. The van der Waals surface area contributed by atoms with Crippen LogP contribution >= 0.6 is 0 Å². The monoisotopic (exact) mass is 263 g/mol. The Morgan fingerprint density at radius 1 is 1.10 bits per heavy atom. The second kappa shape index (κ2) is 5.09. The van der Waals surface area contributed by atoms with Crippen LogP contribution in [-0.2, 0) is 0 Å². The van der Waals surface area contributed by atoms with E-state index in [0.29, 0.717) is 5.84 Å². The molecule has 0 unspecified atom stereocenters. The van der Waals surface area contributed by atoms with Crippen molar-refractivity contribution in [1.29, 1.82) is 5.41 Å². The highest BCUT2D eigenvalue weighted by molar-refractivity contribution is 6.10. The number of para-hydroxylation sites is 1. The number of amidine groups is 1. The third-order valence-electron chi connectivity index (χ3n) is 3.08. The molecule has 1 heterocycles. The lowest BCUT2D eigenvalue weighted by molar-refractivity contribution is 0.669. The molecule has 0 bridgehead atoms. The van der Waals surface area contributed by atoms with Crippen molar-refractivity contribution in [3.63, 3.8) is 0 Å². The Morgan fingerprint density at radius 3 is 2.70 bits per heavy atom. The molecule has 0 fully saturated rings. The Morgan fingerprint density at radius 2 is 1.90 bits per heavy atom. The molecule has 0 aliphatic rings. The average Bonchev–Trinajstić information content (AvgIpc) is 2.84. The minimum Gasteiger partial charge on any atom is -0.456 e. The zero-order valence-electron chi connectivity index (χ0n) is 11.0. The molecular weight excluding hydrogens is 250 g/mol. The highest BCUT2D eigenvalue weighted by Gasteiger charge is 2.08. The van der Waals surface area contributed by atoms with E-state index < -0.39 is 0 Å². The number of hydrogen-bond acceptors (Lipinski definition) is 2. The third-order valence-corrected chi connectivity index (χ3v) is 3.08. The first-order valence-electron chi connectivity index (χ1n) is 6.30. The van der Waals surface area contributed by atoms with Gasteiger partial charge in [0.1, 0.15) is 17.5 Å². The Balaban J connectivity index is 2.22. The molecule has 4 heteroatoms. The van der Waals surface area contributed by atoms with E-state index in [4.69, 9.17) is 9.83 Å². The molecule has 0 radical (unpaired) electrons. The molecule has 98 valence electrons. The molecule has 4 nitrogen and oxygen atoms in total. The van der Waals surface area contributed by atoms with E-state index in [1.165, 1.54) is 0 Å². The quantitative estimate of drug-likeness (QED) is 0.550. The molecular formula is C16H13N3O. The molecule has 3 rings (SSSR count). The van der Waals surface area contributed by atoms with Gasteiger partial charge in [0.15, 0.2) is 5.84 Å². The van der Waals surface area contributed by atoms with Crippen LogP contribution in [0, 0.1) is 5.41 Å². The van der Waals surface area contributed by atoms with E-state index in [1.807, 2.05) is 49.4 Å². The summed E-state index contributed by atoms with van der Waals surface area (Å²) in [5.41, 5.74) is 2.50. The van der Waals surface area contributed by atoms with Crippen molar-refractivity contribution in [2.45, 2.75) is 6.92 Å². The van der Waals surface area contributed by atoms with Crippen LogP contribution in [0.3, 0.4) is 0 Å². The van der Waals surface area contributed by atoms with Gasteiger partial charge in [-0.1, -0.05) is 24.3 Å². The number of furan rings is 1. The van der Waals surface area contributed by atoms with Gasteiger partial charge >= 0.3 is 0 Å². The molecule has 1 N–H and O–H groups in total. The van der Waals surface area contributed by atoms with Gasteiger partial charge < -0.3 is 4.42 Å². The summed E-state index contributed by atoms with van der Waals surface area (Å²) in [4.78, 5) is 8.14. The van der Waals surface area contributed by atoms with Crippen LogP contribution in [0.2, 0.25) is 0 Å². The predicted molar refractivity (Wildman–Crippen MR) is 83.2 cm³/mol. The summed E-state index contributed by atoms with van der Waals surface area (Å²) < 4.78 is 5.84. The fraction of sp³-hybridized carbons (Fsp3) is 0.0625. The van der Waals surface area contributed by atoms with Gasteiger partial charge in [0, 0.05) is 22.6 Å². The molecule has 0 atom stereocenters. The Labute approximate surface area is 116 Å². The number of aliphatic imine (C=N–C) groups is 2. The zero-order valence-corrected chi connectivity index (χ0v) is 11.0. The van der Waals surface area contributed by atoms with Gasteiger partial charge in [0.05, 0.1) is 0 Å². The molecule has 0 saturated heterocycles. The first kappa shape index (κ1) is 12.3. The van der Waals surface area contributed by atoms with Crippen molar-refractivity contribution in [3.05, 3.63) is 48.0 Å². The Bertz CT molecular complexity index is 843. The van der Waals surface area contributed by atoms with E-state index in [-0.39, 0.29) is 0 Å². The number of rotatable bonds is 2. The van der Waals surface area contributed by atoms with Gasteiger partial charge in [0.25, 0.3) is 0 Å². The number of hydrogen-bond donors (Lipinski definition) is 1. The maximum absolute atomic E-state index is 7.10. The summed E-state index contributed by atoms with van der Waals surface area (Å²) in [6.45, 7) is 1.82. The van der Waals surface area contributed by atoms with E-state index in [2.05, 4.69) is 9.98 Å². The molecule has 20 heavy (non-hydrogen) atoms. The van der Waals surface area contributed by atoms with Crippen LogP contribution in [-0.4, -0.2) is 18.4 Å². The summed E-state index contributed by atoms with van der Waals surface area (Å²) in [5, 5.41) is 9.27. The predicted octanol–water partition coefficient (Wildman–Crippen LogP) is 4.03. The molecule has 0 spiro atoms. The summed E-state index contributed by atoms with van der Waals surface area (Å²) in [5.74, 6) is 0.504. The molecule has 1 aromatic heterocycles. The number of fused-ring (bicyclic) bond motifs is 3. The maximum Gasteiger partial charge on any atom is 0.160 e. The number of nitrogens with one attached hydrogen (secondary N) is 1.